The van der Waals surface area contributed by atoms with Crippen LogP contribution in [0.15, 0.2) is 0 Å². The lowest BCUT2D eigenvalue weighted by molar-refractivity contribution is -0.144. The lowest BCUT2D eigenvalue weighted by Gasteiger charge is -2.25. The van der Waals surface area contributed by atoms with Crippen LogP contribution in [0.2, 0.25) is 0 Å². The summed E-state index contributed by atoms with van der Waals surface area (Å²) >= 11 is 0. The highest BCUT2D eigenvalue weighted by molar-refractivity contribution is 5.85. The first-order valence-corrected chi connectivity index (χ1v) is 4.05. The summed E-state index contributed by atoms with van der Waals surface area (Å²) in [5.74, 6) is 0.511. The van der Waals surface area contributed by atoms with Gasteiger partial charge in [-0.3, -0.25) is 4.79 Å². The van der Waals surface area contributed by atoms with E-state index >= 15 is 0 Å². The Labute approximate surface area is 79.3 Å². The molecule has 1 fully saturated rings. The minimum absolute atomic E-state index is 0. The van der Waals surface area contributed by atoms with Gasteiger partial charge in [0.1, 0.15) is 6.04 Å². The van der Waals surface area contributed by atoms with Crippen molar-refractivity contribution >= 4 is 18.4 Å². The van der Waals surface area contributed by atoms with E-state index in [0.717, 1.165) is 19.4 Å². The smallest absolute Gasteiger partial charge is 0.322 e. The van der Waals surface area contributed by atoms with E-state index in [0.29, 0.717) is 5.92 Å². The summed E-state index contributed by atoms with van der Waals surface area (Å²) in [5, 5.41) is 3.13. The Morgan fingerprint density at radius 3 is 2.75 bits per heavy atom. The highest BCUT2D eigenvalue weighted by Crippen LogP contribution is 2.15. The number of ether oxygens (including phenoxy) is 1. The molecule has 0 aromatic carbocycles. The zero-order chi connectivity index (χ0) is 8.27. The number of piperidine rings is 1. The van der Waals surface area contributed by atoms with Crippen molar-refractivity contribution in [2.45, 2.75) is 25.8 Å². The third-order valence-corrected chi connectivity index (χ3v) is 2.15. The molecule has 0 bridgehead atoms. The number of carbonyl (C=O) groups excluding carboxylic acids is 1. The van der Waals surface area contributed by atoms with Crippen molar-refractivity contribution in [1.82, 2.24) is 5.32 Å². The van der Waals surface area contributed by atoms with E-state index in [4.69, 9.17) is 0 Å². The number of rotatable bonds is 1. The molecule has 0 aliphatic carbocycles. The van der Waals surface area contributed by atoms with Crippen LogP contribution >= 0.6 is 12.4 Å². The summed E-state index contributed by atoms with van der Waals surface area (Å²) in [5.41, 5.74) is 0. The molecule has 0 saturated carbocycles. The van der Waals surface area contributed by atoms with Crippen LogP contribution in [0.3, 0.4) is 0 Å². The van der Waals surface area contributed by atoms with Crippen LogP contribution in [0.25, 0.3) is 0 Å². The molecule has 1 saturated heterocycles. The van der Waals surface area contributed by atoms with E-state index < -0.39 is 0 Å². The second kappa shape index (κ2) is 5.38. The number of esters is 1. The van der Waals surface area contributed by atoms with Crippen molar-refractivity contribution in [2.75, 3.05) is 13.7 Å². The highest BCUT2D eigenvalue weighted by Gasteiger charge is 2.24. The third-order valence-electron chi connectivity index (χ3n) is 2.15. The third kappa shape index (κ3) is 2.99. The van der Waals surface area contributed by atoms with Gasteiger partial charge >= 0.3 is 5.97 Å². The van der Waals surface area contributed by atoms with Crippen LogP contribution in [0.5, 0.6) is 0 Å². The van der Waals surface area contributed by atoms with Crippen molar-refractivity contribution in [2.24, 2.45) is 5.92 Å². The van der Waals surface area contributed by atoms with E-state index in [1.807, 2.05) is 0 Å². The molecule has 1 aliphatic heterocycles. The maximum atomic E-state index is 11.0. The lowest BCUT2D eigenvalue weighted by Crippen LogP contribution is -2.43. The van der Waals surface area contributed by atoms with Crippen LogP contribution in [0, 0.1) is 5.92 Å². The van der Waals surface area contributed by atoms with Gasteiger partial charge in [0.15, 0.2) is 0 Å². The number of halogens is 1. The van der Waals surface area contributed by atoms with E-state index in [9.17, 15) is 4.79 Å². The second-order valence-electron chi connectivity index (χ2n) is 3.16. The van der Waals surface area contributed by atoms with Gasteiger partial charge in [0.2, 0.25) is 0 Å². The SMILES string of the molecule is COC(=O)[C@@H]1C[C@H](C)CCN1.Cl. The predicted molar refractivity (Wildman–Crippen MR) is 49.5 cm³/mol. The van der Waals surface area contributed by atoms with Crippen LogP contribution in [-0.4, -0.2) is 25.7 Å². The molecule has 3 nitrogen and oxygen atoms in total. The predicted octanol–water partition coefficient (Wildman–Crippen LogP) is 0.969. The van der Waals surface area contributed by atoms with Gasteiger partial charge < -0.3 is 10.1 Å². The molecule has 72 valence electrons. The summed E-state index contributed by atoms with van der Waals surface area (Å²) < 4.78 is 4.64. The Morgan fingerprint density at radius 1 is 1.58 bits per heavy atom. The van der Waals surface area contributed by atoms with Crippen molar-refractivity contribution in [3.8, 4) is 0 Å². The van der Waals surface area contributed by atoms with Crippen LogP contribution in [-0.2, 0) is 9.53 Å². The average Bonchev–Trinajstić information content (AvgIpc) is 2.03. The van der Waals surface area contributed by atoms with Crippen LogP contribution in [0.1, 0.15) is 19.8 Å². The minimum atomic E-state index is -0.128. The molecule has 0 unspecified atom stereocenters. The van der Waals surface area contributed by atoms with Gasteiger partial charge in [-0.15, -0.1) is 12.4 Å². The van der Waals surface area contributed by atoms with Crippen LogP contribution in [0.4, 0.5) is 0 Å². The first-order chi connectivity index (χ1) is 5.24. The summed E-state index contributed by atoms with van der Waals surface area (Å²) in [6, 6.07) is -0.0660. The van der Waals surface area contributed by atoms with Gasteiger partial charge in [-0.25, -0.2) is 0 Å². The fourth-order valence-electron chi connectivity index (χ4n) is 1.43. The summed E-state index contributed by atoms with van der Waals surface area (Å²) in [6.07, 6.45) is 2.07. The Bertz CT molecular complexity index is 152. The maximum absolute atomic E-state index is 11.0. The Kier molecular flexibility index (Phi) is 5.25. The monoisotopic (exact) mass is 193 g/mol. The average molecular weight is 194 g/mol. The van der Waals surface area contributed by atoms with Gasteiger partial charge in [-0.2, -0.15) is 0 Å². The van der Waals surface area contributed by atoms with Crippen molar-refractivity contribution in [3.05, 3.63) is 0 Å². The topological polar surface area (TPSA) is 38.3 Å². The van der Waals surface area contributed by atoms with Crippen LogP contribution < -0.4 is 5.32 Å². The van der Waals surface area contributed by atoms with E-state index in [2.05, 4.69) is 17.0 Å². The molecule has 1 N–H and O–H groups in total. The summed E-state index contributed by atoms with van der Waals surface area (Å²) in [7, 11) is 1.43. The van der Waals surface area contributed by atoms with Gasteiger partial charge in [-0.1, -0.05) is 6.92 Å². The molecule has 1 rings (SSSR count). The van der Waals surface area contributed by atoms with Crippen molar-refractivity contribution < 1.29 is 9.53 Å². The molecule has 0 amide bonds. The van der Waals surface area contributed by atoms with Gasteiger partial charge in [0.25, 0.3) is 0 Å². The first kappa shape index (κ1) is 11.7. The Morgan fingerprint density at radius 2 is 2.25 bits per heavy atom. The van der Waals surface area contributed by atoms with Gasteiger partial charge in [-0.05, 0) is 25.3 Å². The summed E-state index contributed by atoms with van der Waals surface area (Å²) in [4.78, 5) is 11.0. The molecule has 0 aromatic rings. The van der Waals surface area contributed by atoms with E-state index in [1.165, 1.54) is 7.11 Å². The van der Waals surface area contributed by atoms with E-state index in [-0.39, 0.29) is 24.4 Å². The molecule has 4 heteroatoms. The lowest BCUT2D eigenvalue weighted by atomic mass is 9.94. The standard InChI is InChI=1S/C8H15NO2.ClH/c1-6-3-4-9-7(5-6)8(10)11-2;/h6-7,9H,3-5H2,1-2H3;1H/t6-,7+;/m1./s1. The fourth-order valence-corrected chi connectivity index (χ4v) is 1.43. The normalized spacial score (nSPS) is 28.8. The molecular formula is C8H16ClNO2. The number of nitrogens with one attached hydrogen (secondary N) is 1. The van der Waals surface area contributed by atoms with Crippen molar-refractivity contribution in [3.63, 3.8) is 0 Å². The molecule has 0 radical (unpaired) electrons. The molecule has 1 heterocycles. The van der Waals surface area contributed by atoms with Gasteiger partial charge in [0, 0.05) is 0 Å². The van der Waals surface area contributed by atoms with Gasteiger partial charge in [0.05, 0.1) is 7.11 Å². The first-order valence-electron chi connectivity index (χ1n) is 4.05. The highest BCUT2D eigenvalue weighted by atomic mass is 35.5. The molecule has 2 atom stereocenters. The molecule has 0 spiro atoms. The zero-order valence-corrected chi connectivity index (χ0v) is 8.32. The maximum Gasteiger partial charge on any atom is 0.322 e. The number of carbonyl (C=O) groups is 1. The zero-order valence-electron chi connectivity index (χ0n) is 7.50. The quantitative estimate of drug-likeness (QED) is 0.631. The summed E-state index contributed by atoms with van der Waals surface area (Å²) in [6.45, 7) is 3.09. The minimum Gasteiger partial charge on any atom is -0.468 e. The molecule has 1 aliphatic rings. The van der Waals surface area contributed by atoms with Crippen molar-refractivity contribution in [1.29, 1.82) is 0 Å². The largest absolute Gasteiger partial charge is 0.468 e. The number of hydrogen-bond donors (Lipinski definition) is 1. The molecular weight excluding hydrogens is 178 g/mol. The Hall–Kier alpha value is -0.280. The molecule has 0 aromatic heterocycles. The second-order valence-corrected chi connectivity index (χ2v) is 3.16. The molecule has 12 heavy (non-hydrogen) atoms. The Balaban J connectivity index is 0.00000121. The number of hydrogen-bond acceptors (Lipinski definition) is 3. The van der Waals surface area contributed by atoms with E-state index in [1.54, 1.807) is 0 Å². The number of methoxy groups -OCH3 is 1. The fraction of sp³-hybridized carbons (Fsp3) is 0.875.